The Morgan fingerprint density at radius 3 is 2.55 bits per heavy atom. The van der Waals surface area contributed by atoms with Crippen LogP contribution in [0.25, 0.3) is 0 Å². The standard InChI is InChI=1S/C16H20O4/c1-3-19-16(20-4-2)15(18)13-10-9-11-7-5-6-8-12(11)14(13)17/h5-8,13,16H,3-4,9-10H2,1-2H3. The Labute approximate surface area is 119 Å². The summed E-state index contributed by atoms with van der Waals surface area (Å²) < 4.78 is 10.6. The van der Waals surface area contributed by atoms with Crippen LogP contribution in [0, 0.1) is 5.92 Å². The van der Waals surface area contributed by atoms with Gasteiger partial charge in [-0.2, -0.15) is 0 Å². The second kappa shape index (κ2) is 6.77. The quantitative estimate of drug-likeness (QED) is 0.591. The van der Waals surface area contributed by atoms with Crippen LogP contribution < -0.4 is 0 Å². The van der Waals surface area contributed by atoms with E-state index in [0.717, 1.165) is 12.0 Å². The van der Waals surface area contributed by atoms with Crippen LogP contribution in [0.5, 0.6) is 0 Å². The average molecular weight is 276 g/mol. The summed E-state index contributed by atoms with van der Waals surface area (Å²) in [5, 5.41) is 0. The predicted molar refractivity (Wildman–Crippen MR) is 74.6 cm³/mol. The van der Waals surface area contributed by atoms with Crippen LogP contribution >= 0.6 is 0 Å². The molecule has 1 aliphatic rings. The Morgan fingerprint density at radius 2 is 1.90 bits per heavy atom. The molecule has 0 saturated heterocycles. The van der Waals surface area contributed by atoms with Gasteiger partial charge in [0.15, 0.2) is 11.6 Å². The number of ketones is 2. The number of ether oxygens (including phenoxy) is 2. The Morgan fingerprint density at radius 1 is 1.25 bits per heavy atom. The van der Waals surface area contributed by atoms with Crippen molar-refractivity contribution in [2.24, 2.45) is 5.92 Å². The molecule has 108 valence electrons. The molecule has 1 aromatic carbocycles. The fraction of sp³-hybridized carbons (Fsp3) is 0.500. The summed E-state index contributed by atoms with van der Waals surface area (Å²) in [7, 11) is 0. The van der Waals surface area contributed by atoms with Gasteiger partial charge in [0, 0.05) is 18.8 Å². The predicted octanol–water partition coefficient (Wildman–Crippen LogP) is 2.40. The van der Waals surface area contributed by atoms with Crippen molar-refractivity contribution in [2.45, 2.75) is 33.0 Å². The summed E-state index contributed by atoms with van der Waals surface area (Å²) >= 11 is 0. The molecule has 0 fully saturated rings. The molecule has 0 saturated carbocycles. The van der Waals surface area contributed by atoms with Gasteiger partial charge < -0.3 is 9.47 Å². The molecule has 0 aromatic heterocycles. The van der Waals surface area contributed by atoms with E-state index in [1.165, 1.54) is 0 Å². The van der Waals surface area contributed by atoms with Gasteiger partial charge in [-0.3, -0.25) is 9.59 Å². The first-order chi connectivity index (χ1) is 9.69. The number of hydrogen-bond acceptors (Lipinski definition) is 4. The summed E-state index contributed by atoms with van der Waals surface area (Å²) in [6.45, 7) is 4.37. The first-order valence-corrected chi connectivity index (χ1v) is 7.08. The zero-order valence-corrected chi connectivity index (χ0v) is 11.9. The molecule has 0 radical (unpaired) electrons. The summed E-state index contributed by atoms with van der Waals surface area (Å²) in [6.07, 6.45) is 0.346. The number of aryl methyl sites for hydroxylation is 1. The third-order valence-corrected chi connectivity index (χ3v) is 3.51. The van der Waals surface area contributed by atoms with Crippen LogP contribution in [0.2, 0.25) is 0 Å². The molecule has 0 amide bonds. The average Bonchev–Trinajstić information content (AvgIpc) is 2.47. The molecule has 1 atom stereocenters. The Bertz CT molecular complexity index is 489. The van der Waals surface area contributed by atoms with Gasteiger partial charge in [-0.05, 0) is 32.3 Å². The van der Waals surface area contributed by atoms with Crippen molar-refractivity contribution in [3.05, 3.63) is 35.4 Å². The minimum Gasteiger partial charge on any atom is -0.346 e. The molecule has 20 heavy (non-hydrogen) atoms. The van der Waals surface area contributed by atoms with Crippen molar-refractivity contribution in [3.63, 3.8) is 0 Å². The van der Waals surface area contributed by atoms with Gasteiger partial charge in [-0.15, -0.1) is 0 Å². The molecular weight excluding hydrogens is 256 g/mol. The number of Topliss-reactive ketones (excluding diaryl/α,β-unsaturated/α-hetero) is 2. The maximum Gasteiger partial charge on any atom is 0.218 e. The van der Waals surface area contributed by atoms with Gasteiger partial charge in [0.25, 0.3) is 0 Å². The van der Waals surface area contributed by atoms with Crippen molar-refractivity contribution < 1.29 is 19.1 Å². The van der Waals surface area contributed by atoms with Gasteiger partial charge in [0.1, 0.15) is 0 Å². The van der Waals surface area contributed by atoms with Crippen molar-refractivity contribution in [1.29, 1.82) is 0 Å². The molecule has 0 spiro atoms. The number of rotatable bonds is 6. The van der Waals surface area contributed by atoms with Gasteiger partial charge in [-0.1, -0.05) is 24.3 Å². The smallest absolute Gasteiger partial charge is 0.218 e. The second-order valence-corrected chi connectivity index (χ2v) is 4.76. The summed E-state index contributed by atoms with van der Waals surface area (Å²) in [5.41, 5.74) is 1.68. The number of fused-ring (bicyclic) bond motifs is 1. The van der Waals surface area contributed by atoms with E-state index in [9.17, 15) is 9.59 Å². The minimum absolute atomic E-state index is 0.110. The highest BCUT2D eigenvalue weighted by Gasteiger charge is 2.36. The highest BCUT2D eigenvalue weighted by atomic mass is 16.7. The zero-order chi connectivity index (χ0) is 14.5. The molecule has 1 aliphatic carbocycles. The normalized spacial score (nSPS) is 18.1. The van der Waals surface area contributed by atoms with E-state index < -0.39 is 12.2 Å². The zero-order valence-electron chi connectivity index (χ0n) is 11.9. The lowest BCUT2D eigenvalue weighted by molar-refractivity contribution is -0.170. The lowest BCUT2D eigenvalue weighted by atomic mass is 9.80. The monoisotopic (exact) mass is 276 g/mol. The van der Waals surface area contributed by atoms with Gasteiger partial charge in [-0.25, -0.2) is 0 Å². The SMILES string of the molecule is CCOC(OCC)C(=O)C1CCc2ccccc2C1=O. The van der Waals surface area contributed by atoms with Gasteiger partial charge in [0.2, 0.25) is 6.29 Å². The first kappa shape index (κ1) is 14.9. The molecular formula is C16H20O4. The third-order valence-electron chi connectivity index (χ3n) is 3.51. The maximum atomic E-state index is 12.4. The Hall–Kier alpha value is -1.52. The molecule has 0 bridgehead atoms. The van der Waals surface area contributed by atoms with E-state index in [2.05, 4.69) is 0 Å². The fourth-order valence-corrected chi connectivity index (χ4v) is 2.55. The third kappa shape index (κ3) is 2.97. The van der Waals surface area contributed by atoms with Crippen LogP contribution in [-0.2, 0) is 20.7 Å². The van der Waals surface area contributed by atoms with Crippen molar-refractivity contribution >= 4 is 11.6 Å². The van der Waals surface area contributed by atoms with E-state index in [-0.39, 0.29) is 11.6 Å². The minimum atomic E-state index is -0.927. The Kier molecular flexibility index (Phi) is 5.04. The second-order valence-electron chi connectivity index (χ2n) is 4.76. The highest BCUT2D eigenvalue weighted by Crippen LogP contribution is 2.27. The van der Waals surface area contributed by atoms with E-state index >= 15 is 0 Å². The van der Waals surface area contributed by atoms with Crippen LogP contribution in [0.4, 0.5) is 0 Å². The van der Waals surface area contributed by atoms with Gasteiger partial charge in [0.05, 0.1) is 5.92 Å². The summed E-state index contributed by atoms with van der Waals surface area (Å²) in [5.74, 6) is -1.01. The maximum absolute atomic E-state index is 12.4. The molecule has 4 nitrogen and oxygen atoms in total. The van der Waals surface area contributed by atoms with E-state index in [1.807, 2.05) is 18.2 Å². The molecule has 1 aromatic rings. The van der Waals surface area contributed by atoms with E-state index in [1.54, 1.807) is 19.9 Å². The molecule has 4 heteroatoms. The van der Waals surface area contributed by atoms with Crippen molar-refractivity contribution in [1.82, 2.24) is 0 Å². The fourth-order valence-electron chi connectivity index (χ4n) is 2.55. The lowest BCUT2D eigenvalue weighted by Crippen LogP contribution is -2.39. The van der Waals surface area contributed by atoms with E-state index in [4.69, 9.17) is 9.47 Å². The summed E-state index contributed by atoms with van der Waals surface area (Å²) in [6, 6.07) is 7.47. The van der Waals surface area contributed by atoms with Crippen LogP contribution in [0.15, 0.2) is 24.3 Å². The number of carbonyl (C=O) groups excluding carboxylic acids is 2. The van der Waals surface area contributed by atoms with Crippen LogP contribution in [-0.4, -0.2) is 31.1 Å². The number of benzene rings is 1. The molecule has 2 rings (SSSR count). The molecule has 0 N–H and O–H groups in total. The lowest BCUT2D eigenvalue weighted by Gasteiger charge is -2.25. The van der Waals surface area contributed by atoms with E-state index in [0.29, 0.717) is 25.2 Å². The first-order valence-electron chi connectivity index (χ1n) is 7.08. The summed E-state index contributed by atoms with van der Waals surface area (Å²) in [4.78, 5) is 24.9. The van der Waals surface area contributed by atoms with Crippen LogP contribution in [0.1, 0.15) is 36.2 Å². The molecule has 0 heterocycles. The molecule has 1 unspecified atom stereocenters. The number of hydrogen-bond donors (Lipinski definition) is 0. The number of carbonyl (C=O) groups is 2. The Balaban J connectivity index is 2.17. The van der Waals surface area contributed by atoms with Crippen molar-refractivity contribution in [2.75, 3.05) is 13.2 Å². The van der Waals surface area contributed by atoms with Crippen LogP contribution in [0.3, 0.4) is 0 Å². The molecule has 0 aliphatic heterocycles. The largest absolute Gasteiger partial charge is 0.346 e. The topological polar surface area (TPSA) is 52.6 Å². The van der Waals surface area contributed by atoms with Gasteiger partial charge >= 0.3 is 0 Å². The van der Waals surface area contributed by atoms with Crippen molar-refractivity contribution in [3.8, 4) is 0 Å². The highest BCUT2D eigenvalue weighted by molar-refractivity contribution is 6.13.